The Hall–Kier alpha value is -3.80. The van der Waals surface area contributed by atoms with E-state index in [-0.39, 0.29) is 5.91 Å². The second-order valence-corrected chi connectivity index (χ2v) is 6.33. The SMILES string of the molecule is O=C(Nc1ccc2oc(=O)[nH]c2c1)C1c2ccccc2Oc2ccccc21. The number of amides is 1. The van der Waals surface area contributed by atoms with E-state index in [2.05, 4.69) is 10.3 Å². The lowest BCUT2D eigenvalue weighted by Gasteiger charge is -2.27. The van der Waals surface area contributed by atoms with Gasteiger partial charge in [0.1, 0.15) is 11.5 Å². The number of hydrogen-bond donors (Lipinski definition) is 2. The van der Waals surface area contributed by atoms with Crippen molar-refractivity contribution in [3.05, 3.63) is 88.4 Å². The zero-order valence-corrected chi connectivity index (χ0v) is 14.1. The topological polar surface area (TPSA) is 84.3 Å². The van der Waals surface area contributed by atoms with Gasteiger partial charge in [-0.3, -0.25) is 9.78 Å². The van der Waals surface area contributed by atoms with Crippen LogP contribution in [0, 0.1) is 0 Å². The summed E-state index contributed by atoms with van der Waals surface area (Å²) in [5, 5.41) is 2.94. The van der Waals surface area contributed by atoms with E-state index in [1.54, 1.807) is 18.2 Å². The average molecular weight is 358 g/mol. The molecule has 27 heavy (non-hydrogen) atoms. The molecule has 0 spiro atoms. The maximum absolute atomic E-state index is 13.2. The van der Waals surface area contributed by atoms with Gasteiger partial charge in [0.2, 0.25) is 5.91 Å². The van der Waals surface area contributed by atoms with Crippen molar-refractivity contribution in [2.24, 2.45) is 0 Å². The Kier molecular flexibility index (Phi) is 3.36. The molecular weight excluding hydrogens is 344 g/mol. The first-order valence-corrected chi connectivity index (χ1v) is 8.48. The van der Waals surface area contributed by atoms with Crippen molar-refractivity contribution in [2.75, 3.05) is 5.32 Å². The summed E-state index contributed by atoms with van der Waals surface area (Å²) < 4.78 is 10.9. The van der Waals surface area contributed by atoms with Gasteiger partial charge in [0.05, 0.1) is 11.4 Å². The first kappa shape index (κ1) is 15.5. The number of nitrogens with one attached hydrogen (secondary N) is 2. The van der Waals surface area contributed by atoms with E-state index < -0.39 is 11.7 Å². The zero-order valence-electron chi connectivity index (χ0n) is 14.1. The number of benzene rings is 3. The van der Waals surface area contributed by atoms with Gasteiger partial charge in [-0.05, 0) is 30.3 Å². The molecule has 0 bridgehead atoms. The third-order valence-electron chi connectivity index (χ3n) is 4.63. The molecule has 4 aromatic rings. The second kappa shape index (κ2) is 5.88. The van der Waals surface area contributed by atoms with Gasteiger partial charge in [0.15, 0.2) is 5.58 Å². The molecular formula is C21H14N2O4. The van der Waals surface area contributed by atoms with E-state index in [4.69, 9.17) is 9.15 Å². The first-order valence-electron chi connectivity index (χ1n) is 8.48. The van der Waals surface area contributed by atoms with Crippen LogP contribution in [0.25, 0.3) is 11.1 Å². The molecule has 6 heteroatoms. The fraction of sp³-hybridized carbons (Fsp3) is 0.0476. The van der Waals surface area contributed by atoms with Crippen molar-refractivity contribution in [1.29, 1.82) is 0 Å². The Morgan fingerprint density at radius 2 is 1.59 bits per heavy atom. The van der Waals surface area contributed by atoms with Crippen molar-refractivity contribution < 1.29 is 13.9 Å². The number of hydrogen-bond acceptors (Lipinski definition) is 4. The van der Waals surface area contributed by atoms with Crippen LogP contribution < -0.4 is 15.8 Å². The largest absolute Gasteiger partial charge is 0.457 e. The molecule has 1 aromatic heterocycles. The average Bonchev–Trinajstić information content (AvgIpc) is 3.05. The highest BCUT2D eigenvalue weighted by Crippen LogP contribution is 2.44. The number of para-hydroxylation sites is 2. The molecule has 0 saturated heterocycles. The fourth-order valence-corrected chi connectivity index (χ4v) is 3.44. The number of rotatable bonds is 2. The number of oxazole rings is 1. The van der Waals surface area contributed by atoms with Crippen LogP contribution in [0.2, 0.25) is 0 Å². The maximum Gasteiger partial charge on any atom is 0.417 e. The normalized spacial score (nSPS) is 12.9. The van der Waals surface area contributed by atoms with Gasteiger partial charge in [-0.1, -0.05) is 36.4 Å². The van der Waals surface area contributed by atoms with Crippen LogP contribution in [-0.2, 0) is 4.79 Å². The van der Waals surface area contributed by atoms with Gasteiger partial charge in [0, 0.05) is 16.8 Å². The smallest absolute Gasteiger partial charge is 0.417 e. The summed E-state index contributed by atoms with van der Waals surface area (Å²) in [6.07, 6.45) is 0. The van der Waals surface area contributed by atoms with E-state index in [1.807, 2.05) is 48.5 Å². The highest BCUT2D eigenvalue weighted by Gasteiger charge is 2.32. The predicted molar refractivity (Wildman–Crippen MR) is 100 cm³/mol. The third-order valence-corrected chi connectivity index (χ3v) is 4.63. The lowest BCUT2D eigenvalue weighted by atomic mass is 9.87. The van der Waals surface area contributed by atoms with E-state index in [1.165, 1.54) is 0 Å². The van der Waals surface area contributed by atoms with Gasteiger partial charge in [-0.2, -0.15) is 0 Å². The number of aromatic nitrogens is 1. The van der Waals surface area contributed by atoms with Gasteiger partial charge >= 0.3 is 5.76 Å². The monoisotopic (exact) mass is 358 g/mol. The molecule has 0 atom stereocenters. The quantitative estimate of drug-likeness (QED) is 0.567. The molecule has 0 saturated carbocycles. The van der Waals surface area contributed by atoms with E-state index >= 15 is 0 Å². The number of carbonyl (C=O) groups excluding carboxylic acids is 1. The molecule has 0 fully saturated rings. The lowest BCUT2D eigenvalue weighted by molar-refractivity contribution is -0.116. The van der Waals surface area contributed by atoms with Gasteiger partial charge in [-0.15, -0.1) is 0 Å². The minimum absolute atomic E-state index is 0.177. The van der Waals surface area contributed by atoms with E-state index in [0.717, 1.165) is 11.1 Å². The number of fused-ring (bicyclic) bond motifs is 3. The number of anilines is 1. The standard InChI is InChI=1S/C21H14N2O4/c24-20(22-12-9-10-18-15(11-12)23-21(25)27-18)19-13-5-1-3-7-16(13)26-17-8-4-2-6-14(17)19/h1-11,19H,(H,22,24)(H,23,25). The number of ether oxygens (including phenoxy) is 1. The van der Waals surface area contributed by atoms with Crippen molar-refractivity contribution in [3.63, 3.8) is 0 Å². The second-order valence-electron chi connectivity index (χ2n) is 6.33. The Balaban J connectivity index is 1.55. The molecule has 3 aromatic carbocycles. The fourth-order valence-electron chi connectivity index (χ4n) is 3.44. The molecule has 2 heterocycles. The predicted octanol–water partition coefficient (Wildman–Crippen LogP) is 4.00. The van der Waals surface area contributed by atoms with Gasteiger partial charge < -0.3 is 14.5 Å². The summed E-state index contributed by atoms with van der Waals surface area (Å²) in [5.41, 5.74) is 3.18. The lowest BCUT2D eigenvalue weighted by Crippen LogP contribution is -2.25. The van der Waals surface area contributed by atoms with Crippen LogP contribution in [0.5, 0.6) is 11.5 Å². The molecule has 0 radical (unpaired) electrons. The van der Waals surface area contributed by atoms with Crippen LogP contribution in [0.1, 0.15) is 17.0 Å². The summed E-state index contributed by atoms with van der Waals surface area (Å²) in [7, 11) is 0. The van der Waals surface area contributed by atoms with Crippen molar-refractivity contribution in [2.45, 2.75) is 5.92 Å². The Morgan fingerprint density at radius 1 is 0.926 bits per heavy atom. The van der Waals surface area contributed by atoms with Crippen LogP contribution in [0.15, 0.2) is 75.9 Å². The van der Waals surface area contributed by atoms with Crippen LogP contribution >= 0.6 is 0 Å². The highest BCUT2D eigenvalue weighted by atomic mass is 16.5. The molecule has 5 rings (SSSR count). The molecule has 0 unspecified atom stereocenters. The summed E-state index contributed by atoms with van der Waals surface area (Å²) in [6.45, 7) is 0. The first-order chi connectivity index (χ1) is 13.2. The summed E-state index contributed by atoms with van der Waals surface area (Å²) >= 11 is 0. The highest BCUT2D eigenvalue weighted by molar-refractivity contribution is 6.00. The van der Waals surface area contributed by atoms with Gasteiger partial charge in [0.25, 0.3) is 0 Å². The summed E-state index contributed by atoms with van der Waals surface area (Å²) in [6, 6.07) is 20.1. The van der Waals surface area contributed by atoms with Crippen molar-refractivity contribution in [1.82, 2.24) is 4.98 Å². The van der Waals surface area contributed by atoms with E-state index in [9.17, 15) is 9.59 Å². The van der Waals surface area contributed by atoms with Gasteiger partial charge in [-0.25, -0.2) is 4.79 Å². The van der Waals surface area contributed by atoms with Crippen LogP contribution in [0.3, 0.4) is 0 Å². The zero-order chi connectivity index (χ0) is 18.4. The Labute approximate surface area is 153 Å². The van der Waals surface area contributed by atoms with Crippen LogP contribution in [-0.4, -0.2) is 10.9 Å². The molecule has 1 aliphatic heterocycles. The minimum Gasteiger partial charge on any atom is -0.457 e. The van der Waals surface area contributed by atoms with E-state index in [0.29, 0.717) is 28.3 Å². The molecule has 2 N–H and O–H groups in total. The maximum atomic E-state index is 13.2. The summed E-state index contributed by atoms with van der Waals surface area (Å²) in [4.78, 5) is 27.1. The minimum atomic E-state index is -0.527. The third kappa shape index (κ3) is 2.58. The number of carbonyl (C=O) groups is 1. The Bertz CT molecular complexity index is 1190. The summed E-state index contributed by atoms with van der Waals surface area (Å²) in [5.74, 6) is 0.145. The van der Waals surface area contributed by atoms with Crippen molar-refractivity contribution in [3.8, 4) is 11.5 Å². The van der Waals surface area contributed by atoms with Crippen LogP contribution in [0.4, 0.5) is 5.69 Å². The number of aromatic amines is 1. The molecule has 6 nitrogen and oxygen atoms in total. The molecule has 0 aliphatic carbocycles. The number of H-pyrrole nitrogens is 1. The molecule has 132 valence electrons. The van der Waals surface area contributed by atoms with Crippen molar-refractivity contribution >= 4 is 22.7 Å². The molecule has 1 aliphatic rings. The molecule has 1 amide bonds. The Morgan fingerprint density at radius 3 is 2.30 bits per heavy atom.